The Morgan fingerprint density at radius 1 is 0.477 bits per heavy atom. The molecule has 0 aliphatic heterocycles. The summed E-state index contributed by atoms with van der Waals surface area (Å²) in [5, 5.41) is 5.19. The Labute approximate surface area is 257 Å². The molecule has 2 heteroatoms. The predicted octanol–water partition coefficient (Wildman–Crippen LogP) is 10.9. The van der Waals surface area contributed by atoms with E-state index in [-0.39, 0.29) is 5.41 Å². The van der Waals surface area contributed by atoms with E-state index < -0.39 is 0 Å². The van der Waals surface area contributed by atoms with Crippen molar-refractivity contribution in [2.45, 2.75) is 32.1 Å². The highest BCUT2D eigenvalue weighted by molar-refractivity contribution is 6.10. The van der Waals surface area contributed by atoms with E-state index in [9.17, 15) is 0 Å². The molecule has 0 amide bonds. The van der Waals surface area contributed by atoms with Crippen LogP contribution in [0.2, 0.25) is 0 Å². The molecule has 0 saturated heterocycles. The van der Waals surface area contributed by atoms with Gasteiger partial charge in [-0.1, -0.05) is 112 Å². The van der Waals surface area contributed by atoms with Gasteiger partial charge in [-0.3, -0.25) is 0 Å². The zero-order valence-electron chi connectivity index (χ0n) is 25.3. The van der Waals surface area contributed by atoms with Crippen molar-refractivity contribution in [3.8, 4) is 11.4 Å². The van der Waals surface area contributed by atoms with Crippen LogP contribution in [0, 0.1) is 5.92 Å². The van der Waals surface area contributed by atoms with E-state index in [2.05, 4.69) is 169 Å². The lowest BCUT2D eigenvalue weighted by Crippen LogP contribution is -2.23. The molecule has 2 aromatic heterocycles. The molecule has 8 aromatic rings. The maximum Gasteiger partial charge on any atom is 0.0541 e. The molecule has 2 nitrogen and oxygen atoms in total. The second-order valence-electron chi connectivity index (χ2n) is 13.1. The van der Waals surface area contributed by atoms with E-state index in [1.165, 1.54) is 71.7 Å². The minimum absolute atomic E-state index is 0.0743. The van der Waals surface area contributed by atoms with Crippen LogP contribution in [-0.4, -0.2) is 9.13 Å². The number of aromatic nitrogens is 2. The lowest BCUT2D eigenvalue weighted by atomic mass is 9.75. The normalized spacial score (nSPS) is 17.6. The molecule has 0 saturated carbocycles. The molecule has 2 atom stereocenters. The van der Waals surface area contributed by atoms with Gasteiger partial charge in [-0.2, -0.15) is 0 Å². The van der Waals surface area contributed by atoms with Crippen LogP contribution in [0.5, 0.6) is 0 Å². The molecular formula is C42H34N2. The number of para-hydroxylation sites is 4. The topological polar surface area (TPSA) is 9.86 Å². The summed E-state index contributed by atoms with van der Waals surface area (Å²) in [5.41, 5.74) is 11.8. The average molecular weight is 567 g/mol. The Morgan fingerprint density at radius 2 is 0.886 bits per heavy atom. The van der Waals surface area contributed by atoms with Crippen molar-refractivity contribution in [2.75, 3.05) is 0 Å². The molecule has 1 aliphatic rings. The maximum atomic E-state index is 2.48. The quantitative estimate of drug-likeness (QED) is 0.201. The van der Waals surface area contributed by atoms with Gasteiger partial charge in [0.05, 0.1) is 22.1 Å². The Bertz CT molecular complexity index is 2280. The molecule has 1 aliphatic carbocycles. The first kappa shape index (κ1) is 25.4. The molecule has 212 valence electrons. The second-order valence-corrected chi connectivity index (χ2v) is 13.1. The zero-order valence-corrected chi connectivity index (χ0v) is 25.3. The van der Waals surface area contributed by atoms with Gasteiger partial charge in [0, 0.05) is 38.8 Å². The van der Waals surface area contributed by atoms with Gasteiger partial charge in [-0.15, -0.1) is 0 Å². The van der Waals surface area contributed by atoms with Gasteiger partial charge >= 0.3 is 0 Å². The van der Waals surface area contributed by atoms with Crippen molar-refractivity contribution in [2.24, 2.45) is 5.92 Å². The summed E-state index contributed by atoms with van der Waals surface area (Å²) in [6.45, 7) is 7.28. The third-order valence-electron chi connectivity index (χ3n) is 10.6. The Morgan fingerprint density at radius 3 is 1.36 bits per heavy atom. The van der Waals surface area contributed by atoms with Crippen LogP contribution < -0.4 is 0 Å². The van der Waals surface area contributed by atoms with Gasteiger partial charge in [0.1, 0.15) is 0 Å². The number of hydrogen-bond acceptors (Lipinski definition) is 0. The SMILES string of the molecule is CC1C(c2ccc(-n3c4ccccc4c4ccccc43)cc2)c2cc(-n3c4ccccc4c4ccccc43)ccc2C1(C)C. The van der Waals surface area contributed by atoms with E-state index in [0.29, 0.717) is 11.8 Å². The van der Waals surface area contributed by atoms with E-state index in [1.54, 1.807) is 0 Å². The van der Waals surface area contributed by atoms with Crippen LogP contribution in [-0.2, 0) is 5.41 Å². The van der Waals surface area contributed by atoms with Gasteiger partial charge in [-0.05, 0) is 76.6 Å². The summed E-state index contributed by atoms with van der Waals surface area (Å²) in [7, 11) is 0. The smallest absolute Gasteiger partial charge is 0.0541 e. The molecule has 6 aromatic carbocycles. The van der Waals surface area contributed by atoms with Gasteiger partial charge in [0.25, 0.3) is 0 Å². The minimum Gasteiger partial charge on any atom is -0.309 e. The molecule has 9 rings (SSSR count). The van der Waals surface area contributed by atoms with Crippen molar-refractivity contribution in [3.05, 3.63) is 156 Å². The molecule has 0 spiro atoms. The van der Waals surface area contributed by atoms with E-state index >= 15 is 0 Å². The first-order valence-electron chi connectivity index (χ1n) is 15.7. The van der Waals surface area contributed by atoms with E-state index in [1.807, 2.05) is 0 Å². The zero-order chi connectivity index (χ0) is 29.6. The van der Waals surface area contributed by atoms with Crippen molar-refractivity contribution in [1.29, 1.82) is 0 Å². The summed E-state index contributed by atoms with van der Waals surface area (Å²) in [5.74, 6) is 0.783. The van der Waals surface area contributed by atoms with Gasteiger partial charge in [0.15, 0.2) is 0 Å². The predicted molar refractivity (Wildman–Crippen MR) is 186 cm³/mol. The number of hydrogen-bond donors (Lipinski definition) is 0. The molecular weight excluding hydrogens is 532 g/mol. The number of rotatable bonds is 3. The number of fused-ring (bicyclic) bond motifs is 7. The highest BCUT2D eigenvalue weighted by Crippen LogP contribution is 2.53. The van der Waals surface area contributed by atoms with Crippen molar-refractivity contribution in [1.82, 2.24) is 9.13 Å². The second kappa shape index (κ2) is 9.21. The largest absolute Gasteiger partial charge is 0.309 e. The Balaban J connectivity index is 1.20. The van der Waals surface area contributed by atoms with E-state index in [0.717, 1.165) is 0 Å². The fourth-order valence-corrected chi connectivity index (χ4v) is 8.16. The highest BCUT2D eigenvalue weighted by Gasteiger charge is 2.44. The minimum atomic E-state index is 0.0743. The van der Waals surface area contributed by atoms with Crippen molar-refractivity contribution < 1.29 is 0 Å². The fourth-order valence-electron chi connectivity index (χ4n) is 8.16. The van der Waals surface area contributed by atoms with Crippen LogP contribution >= 0.6 is 0 Å². The summed E-state index contributed by atoms with van der Waals surface area (Å²) in [6, 6.07) is 51.7. The number of benzene rings is 6. The van der Waals surface area contributed by atoms with Crippen LogP contribution in [0.25, 0.3) is 55.0 Å². The van der Waals surface area contributed by atoms with Gasteiger partial charge in [-0.25, -0.2) is 0 Å². The molecule has 44 heavy (non-hydrogen) atoms. The molecule has 2 heterocycles. The molecule has 0 radical (unpaired) electrons. The lowest BCUT2D eigenvalue weighted by Gasteiger charge is -2.28. The lowest BCUT2D eigenvalue weighted by molar-refractivity contribution is 0.352. The van der Waals surface area contributed by atoms with E-state index in [4.69, 9.17) is 0 Å². The number of nitrogens with zero attached hydrogens (tertiary/aromatic N) is 2. The van der Waals surface area contributed by atoms with Crippen LogP contribution in [0.3, 0.4) is 0 Å². The molecule has 0 fully saturated rings. The maximum absolute atomic E-state index is 2.48. The standard InChI is InChI=1S/C42H34N2/c1-27-41(28-20-22-29(23-21-28)43-37-16-8-4-12-31(37)32-13-5-9-17-38(32)43)35-26-30(24-25-36(35)42(27,2)3)44-39-18-10-6-14-33(39)34-15-7-11-19-40(34)44/h4-27,41H,1-3H3. The summed E-state index contributed by atoms with van der Waals surface area (Å²) in [6.07, 6.45) is 0. The Kier molecular flexibility index (Phi) is 5.32. The summed E-state index contributed by atoms with van der Waals surface area (Å²) >= 11 is 0. The first-order valence-corrected chi connectivity index (χ1v) is 15.7. The van der Waals surface area contributed by atoms with Crippen molar-refractivity contribution in [3.63, 3.8) is 0 Å². The van der Waals surface area contributed by atoms with Gasteiger partial charge in [0.2, 0.25) is 0 Å². The average Bonchev–Trinajstić information content (AvgIpc) is 3.64. The van der Waals surface area contributed by atoms with Crippen LogP contribution in [0.15, 0.2) is 140 Å². The third kappa shape index (κ3) is 3.43. The highest BCUT2D eigenvalue weighted by atomic mass is 15.0. The molecule has 2 unspecified atom stereocenters. The summed E-state index contributed by atoms with van der Waals surface area (Å²) in [4.78, 5) is 0. The fraction of sp³-hybridized carbons (Fsp3) is 0.143. The van der Waals surface area contributed by atoms with Crippen LogP contribution in [0.4, 0.5) is 0 Å². The first-order chi connectivity index (χ1) is 21.5. The van der Waals surface area contributed by atoms with Crippen LogP contribution in [0.1, 0.15) is 43.4 Å². The molecule has 0 N–H and O–H groups in total. The monoisotopic (exact) mass is 566 g/mol. The third-order valence-corrected chi connectivity index (χ3v) is 10.6. The Hall–Kier alpha value is -5.08. The molecule has 0 bridgehead atoms. The van der Waals surface area contributed by atoms with Crippen molar-refractivity contribution >= 4 is 43.6 Å². The van der Waals surface area contributed by atoms with Gasteiger partial charge < -0.3 is 9.13 Å². The summed E-state index contributed by atoms with van der Waals surface area (Å²) < 4.78 is 4.86.